The number of ketones is 1. The maximum absolute atomic E-state index is 11.1. The molecule has 0 saturated heterocycles. The molecule has 1 saturated carbocycles. The van der Waals surface area contributed by atoms with Crippen LogP contribution in [0.5, 0.6) is 5.75 Å². The van der Waals surface area contributed by atoms with Gasteiger partial charge in [0.05, 0.1) is 6.10 Å². The molecule has 160 valence electrons. The first kappa shape index (κ1) is 20.6. The van der Waals surface area contributed by atoms with Gasteiger partial charge >= 0.3 is 0 Å². The zero-order valence-corrected chi connectivity index (χ0v) is 17.8. The summed E-state index contributed by atoms with van der Waals surface area (Å²) in [5, 5.41) is 2.34. The summed E-state index contributed by atoms with van der Waals surface area (Å²) in [5.74, 6) is 2.03. The van der Waals surface area contributed by atoms with E-state index in [-0.39, 0.29) is 8.64 Å². The molecule has 2 aromatic carbocycles. The van der Waals surface area contributed by atoms with Crippen LogP contribution < -0.4 is 4.74 Å². The molecule has 1 aromatic heterocycles. The number of hydrogen-bond acceptors (Lipinski definition) is 3. The van der Waals surface area contributed by atoms with Crippen LogP contribution in [0.25, 0.3) is 10.8 Å². The van der Waals surface area contributed by atoms with Crippen molar-refractivity contribution in [3.05, 3.63) is 72.1 Å². The number of aromatic nitrogens is 1. The number of fused-ring (bicyclic) bond motifs is 1. The van der Waals surface area contributed by atoms with Gasteiger partial charge < -0.3 is 9.53 Å². The van der Waals surface area contributed by atoms with Crippen molar-refractivity contribution >= 4 is 16.6 Å². The first-order chi connectivity index (χ1) is 14.7. The van der Waals surface area contributed by atoms with Gasteiger partial charge in [-0.05, 0) is 98.6 Å². The Morgan fingerprint density at radius 1 is 0.967 bits per heavy atom. The fraction of sp³-hybridized carbons (Fsp3) is 0.407. The summed E-state index contributed by atoms with van der Waals surface area (Å²) >= 11 is 0. The maximum atomic E-state index is 11.1. The molecule has 3 aromatic rings. The van der Waals surface area contributed by atoms with E-state index in [1.54, 1.807) is 6.92 Å². The van der Waals surface area contributed by atoms with Gasteiger partial charge in [0, 0.05) is 27.1 Å². The summed E-state index contributed by atoms with van der Waals surface area (Å²) in [7, 11) is 0. The second-order valence-electron chi connectivity index (χ2n) is 8.70. The normalized spacial score (nSPS) is 19.0. The average molecular weight is 406 g/mol. The first-order valence-electron chi connectivity index (χ1n) is 11.2. The number of carbonyl (C=O) groups is 1. The van der Waals surface area contributed by atoms with Gasteiger partial charge in [-0.3, -0.25) is 4.98 Å². The highest BCUT2D eigenvalue weighted by atomic mass is 16.5. The smallest absolute Gasteiger partial charge is 0.130 e. The molecule has 30 heavy (non-hydrogen) atoms. The van der Waals surface area contributed by atoms with E-state index in [2.05, 4.69) is 47.4 Å². The van der Waals surface area contributed by atoms with E-state index in [4.69, 9.17) is 4.74 Å². The van der Waals surface area contributed by atoms with Crippen LogP contribution in [-0.4, -0.2) is 16.9 Å². The molecule has 0 N–H and O–H groups in total. The molecule has 0 atom stereocenters. The summed E-state index contributed by atoms with van der Waals surface area (Å²) in [4.78, 5) is 15.3. The van der Waals surface area contributed by atoms with Crippen molar-refractivity contribution in [2.75, 3.05) is 0 Å². The van der Waals surface area contributed by atoms with E-state index >= 15 is 0 Å². The van der Waals surface area contributed by atoms with Crippen LogP contribution >= 0.6 is 0 Å². The zero-order chi connectivity index (χ0) is 20.8. The van der Waals surface area contributed by atoms with Gasteiger partial charge in [-0.25, -0.2) is 0 Å². The van der Waals surface area contributed by atoms with Crippen LogP contribution in [-0.2, 0) is 17.6 Å². The van der Waals surface area contributed by atoms with Crippen molar-refractivity contribution in [2.24, 2.45) is 5.92 Å². The molecular weight excluding hydrogens is 370 g/mol. The summed E-state index contributed by atoms with van der Waals surface area (Å²) in [6.07, 6.45) is 12.7. The fourth-order valence-corrected chi connectivity index (χ4v) is 4.43. The van der Waals surface area contributed by atoms with Crippen LogP contribution in [0.4, 0.5) is 0 Å². The molecule has 1 aliphatic carbocycles. The van der Waals surface area contributed by atoms with Crippen LogP contribution in [0.3, 0.4) is 0 Å². The Kier molecular flexibility index (Phi) is 6.78. The Morgan fingerprint density at radius 2 is 1.70 bits per heavy atom. The van der Waals surface area contributed by atoms with E-state index in [9.17, 15) is 4.79 Å². The van der Waals surface area contributed by atoms with Crippen molar-refractivity contribution in [3.63, 3.8) is 0 Å². The number of ether oxygens (including phenoxy) is 1. The molecule has 4 rings (SSSR count). The Hall–Kier alpha value is -2.68. The van der Waals surface area contributed by atoms with E-state index in [1.165, 1.54) is 35.8 Å². The molecule has 0 unspecified atom stereocenters. The minimum Gasteiger partial charge on any atom is -0.490 e. The lowest BCUT2D eigenvalue weighted by molar-refractivity contribution is -0.116. The Balaban J connectivity index is 0.00000181. The number of benzene rings is 2. The van der Waals surface area contributed by atoms with Crippen LogP contribution in [0, 0.1) is 5.92 Å². The van der Waals surface area contributed by atoms with Gasteiger partial charge in [0.2, 0.25) is 0 Å². The lowest BCUT2D eigenvalue weighted by Crippen LogP contribution is -2.24. The third-order valence-corrected chi connectivity index (χ3v) is 6.34. The molecule has 0 aliphatic heterocycles. The molecule has 0 bridgehead atoms. The standard InChI is InChI=1S/C27H31NO2.2H2/c1-20(29)2-3-21-4-6-22(7-5-21)8-9-23-10-13-26(14-11-23)30-27-15-12-25-19-28-17-16-24(25)18-27;;/h4-7,12,15-19,23,26H,2-3,8-11,13-14H2,1H3;2*1H. The van der Waals surface area contributed by atoms with Gasteiger partial charge in [-0.15, -0.1) is 0 Å². The first-order valence-corrected chi connectivity index (χ1v) is 11.2. The molecule has 3 nitrogen and oxygen atoms in total. The summed E-state index contributed by atoms with van der Waals surface area (Å²) in [6, 6.07) is 17.2. The summed E-state index contributed by atoms with van der Waals surface area (Å²) in [5.41, 5.74) is 2.67. The van der Waals surface area contributed by atoms with E-state index in [0.717, 1.165) is 42.7 Å². The van der Waals surface area contributed by atoms with Crippen molar-refractivity contribution in [1.82, 2.24) is 4.98 Å². The number of pyridine rings is 1. The van der Waals surface area contributed by atoms with Crippen molar-refractivity contribution in [2.45, 2.75) is 64.4 Å². The number of carbonyl (C=O) groups excluding carboxylic acids is 1. The Bertz CT molecular complexity index is 982. The van der Waals surface area contributed by atoms with Gasteiger partial charge in [0.1, 0.15) is 11.5 Å². The maximum Gasteiger partial charge on any atom is 0.130 e. The predicted octanol–water partition coefficient (Wildman–Crippen LogP) is 6.82. The minimum atomic E-state index is 0. The van der Waals surface area contributed by atoms with E-state index < -0.39 is 0 Å². The highest BCUT2D eigenvalue weighted by Crippen LogP contribution is 2.31. The largest absolute Gasteiger partial charge is 0.490 e. The second-order valence-corrected chi connectivity index (χ2v) is 8.70. The number of aryl methyl sites for hydroxylation is 2. The van der Waals surface area contributed by atoms with Gasteiger partial charge in [-0.2, -0.15) is 0 Å². The van der Waals surface area contributed by atoms with E-state index in [1.807, 2.05) is 18.5 Å². The molecule has 1 fully saturated rings. The van der Waals surface area contributed by atoms with Crippen molar-refractivity contribution in [1.29, 1.82) is 0 Å². The number of nitrogens with zero attached hydrogens (tertiary/aromatic N) is 1. The topological polar surface area (TPSA) is 39.2 Å². The molecule has 1 aliphatic rings. The summed E-state index contributed by atoms with van der Waals surface area (Å²) < 4.78 is 6.28. The van der Waals surface area contributed by atoms with Crippen molar-refractivity contribution in [3.8, 4) is 5.75 Å². The van der Waals surface area contributed by atoms with Crippen LogP contribution in [0.15, 0.2) is 60.9 Å². The molecule has 0 amide bonds. The second kappa shape index (κ2) is 9.88. The van der Waals surface area contributed by atoms with Gasteiger partial charge in [0.25, 0.3) is 0 Å². The number of Topliss-reactive ketones (excluding diaryl/α,β-unsaturated/α-hetero) is 1. The zero-order valence-electron chi connectivity index (χ0n) is 17.8. The minimum absolute atomic E-state index is 0. The molecule has 3 heteroatoms. The fourth-order valence-electron chi connectivity index (χ4n) is 4.43. The molecule has 0 radical (unpaired) electrons. The molecule has 0 spiro atoms. The lowest BCUT2D eigenvalue weighted by atomic mass is 9.83. The molecule has 1 heterocycles. The van der Waals surface area contributed by atoms with Gasteiger partial charge in [0.15, 0.2) is 0 Å². The monoisotopic (exact) mass is 405 g/mol. The van der Waals surface area contributed by atoms with E-state index in [0.29, 0.717) is 12.5 Å². The van der Waals surface area contributed by atoms with Gasteiger partial charge in [-0.1, -0.05) is 24.3 Å². The quantitative estimate of drug-likeness (QED) is 0.413. The Labute approximate surface area is 182 Å². The van der Waals surface area contributed by atoms with Crippen LogP contribution in [0.1, 0.15) is 59.4 Å². The third-order valence-electron chi connectivity index (χ3n) is 6.34. The van der Waals surface area contributed by atoms with Crippen LogP contribution in [0.2, 0.25) is 0 Å². The average Bonchev–Trinajstić information content (AvgIpc) is 2.78. The van der Waals surface area contributed by atoms with Crippen molar-refractivity contribution < 1.29 is 12.4 Å². The molecular formula is C27H35NO2. The lowest BCUT2D eigenvalue weighted by Gasteiger charge is -2.29. The SMILES string of the molecule is CC(=O)CCc1ccc(CCC2CCC(Oc3ccc4cnccc4c3)CC2)cc1.[HH].[HH]. The third kappa shape index (κ3) is 5.69. The Morgan fingerprint density at radius 3 is 2.43 bits per heavy atom. The number of rotatable bonds is 8. The highest BCUT2D eigenvalue weighted by Gasteiger charge is 2.22. The predicted molar refractivity (Wildman–Crippen MR) is 126 cm³/mol. The highest BCUT2D eigenvalue weighted by molar-refractivity contribution is 5.82. The summed E-state index contributed by atoms with van der Waals surface area (Å²) in [6.45, 7) is 1.66. The number of hydrogen-bond donors (Lipinski definition) is 0.